The zero-order valence-corrected chi connectivity index (χ0v) is 16.4. The van der Waals surface area contributed by atoms with E-state index >= 15 is 0 Å². The van der Waals surface area contributed by atoms with Crippen molar-refractivity contribution in [1.82, 2.24) is 5.32 Å². The Balaban J connectivity index is 0.000000147. The van der Waals surface area contributed by atoms with E-state index in [9.17, 15) is 4.79 Å². The van der Waals surface area contributed by atoms with E-state index in [1.54, 1.807) is 0 Å². The highest BCUT2D eigenvalue weighted by Gasteiger charge is 2.16. The monoisotopic (exact) mass is 385 g/mol. The molecule has 6 aromatic carbocycles. The molecule has 1 N–H and O–H groups in total. The van der Waals surface area contributed by atoms with Gasteiger partial charge in [-0.15, -0.1) is 0 Å². The molecule has 1 aliphatic rings. The predicted molar refractivity (Wildman–Crippen MR) is 125 cm³/mol. The Hall–Kier alpha value is -3.91. The van der Waals surface area contributed by atoms with E-state index in [0.717, 1.165) is 11.1 Å². The van der Waals surface area contributed by atoms with Crippen LogP contribution >= 0.6 is 0 Å². The summed E-state index contributed by atoms with van der Waals surface area (Å²) >= 11 is 0. The Morgan fingerprint density at radius 3 is 1.47 bits per heavy atom. The highest BCUT2D eigenvalue weighted by Crippen LogP contribution is 2.39. The van der Waals surface area contributed by atoms with Gasteiger partial charge < -0.3 is 5.32 Å². The van der Waals surface area contributed by atoms with Crippen molar-refractivity contribution in [2.75, 3.05) is 0 Å². The summed E-state index contributed by atoms with van der Waals surface area (Å²) in [5.41, 5.74) is 1.93. The third-order valence-electron chi connectivity index (χ3n) is 6.09. The van der Waals surface area contributed by atoms with Gasteiger partial charge in [0.2, 0.25) is 0 Å². The Morgan fingerprint density at radius 1 is 0.533 bits per heavy atom. The number of amides is 1. The van der Waals surface area contributed by atoms with Crippen LogP contribution in [0.4, 0.5) is 0 Å². The number of fused-ring (bicyclic) bond motifs is 3. The molecule has 6 aromatic rings. The quantitative estimate of drug-likeness (QED) is 0.230. The van der Waals surface area contributed by atoms with Crippen LogP contribution in [0, 0.1) is 0 Å². The van der Waals surface area contributed by atoms with Crippen molar-refractivity contribution in [2.45, 2.75) is 6.54 Å². The molecule has 0 fully saturated rings. The van der Waals surface area contributed by atoms with Crippen LogP contribution in [0.25, 0.3) is 43.1 Å². The molecule has 0 aliphatic carbocycles. The Kier molecular flexibility index (Phi) is 3.72. The summed E-state index contributed by atoms with van der Waals surface area (Å²) < 4.78 is 0. The maximum absolute atomic E-state index is 11.0. The minimum absolute atomic E-state index is 0.0515. The number of hydrogen-bond donors (Lipinski definition) is 1. The zero-order valence-electron chi connectivity index (χ0n) is 16.4. The fraction of sp³-hybridized carbons (Fsp3) is 0.0357. The van der Waals surface area contributed by atoms with Crippen LogP contribution in [0.15, 0.2) is 97.1 Å². The van der Waals surface area contributed by atoms with E-state index in [2.05, 4.69) is 78.1 Å². The van der Waals surface area contributed by atoms with E-state index in [1.807, 2.05) is 24.3 Å². The first-order valence-corrected chi connectivity index (χ1v) is 10.2. The van der Waals surface area contributed by atoms with Crippen LogP contribution in [0.3, 0.4) is 0 Å². The smallest absolute Gasteiger partial charge is 0.251 e. The average molecular weight is 385 g/mol. The fourth-order valence-corrected chi connectivity index (χ4v) is 4.75. The van der Waals surface area contributed by atoms with Gasteiger partial charge in [0, 0.05) is 12.1 Å². The van der Waals surface area contributed by atoms with Gasteiger partial charge in [0.25, 0.3) is 5.91 Å². The van der Waals surface area contributed by atoms with E-state index in [0.29, 0.717) is 6.54 Å². The van der Waals surface area contributed by atoms with E-state index < -0.39 is 0 Å². The molecule has 1 aliphatic heterocycles. The standard InChI is InChI=1S/C20H12.C8H7NO/c1-5-13-6-2-11-17-18-12-4-8-14-7-3-10-16(20(14)18)15(9-1)19(13)17;10-8-7-4-2-1-3-6(7)5-9-8/h1-12H;1-4H,5H2,(H,9,10). The van der Waals surface area contributed by atoms with Crippen molar-refractivity contribution in [3.63, 3.8) is 0 Å². The molecule has 0 unspecified atom stereocenters. The van der Waals surface area contributed by atoms with Gasteiger partial charge in [0.05, 0.1) is 0 Å². The van der Waals surface area contributed by atoms with Crippen molar-refractivity contribution in [3.05, 3.63) is 108 Å². The van der Waals surface area contributed by atoms with Crippen LogP contribution in [0.5, 0.6) is 0 Å². The van der Waals surface area contributed by atoms with Crippen LogP contribution < -0.4 is 5.32 Å². The van der Waals surface area contributed by atoms with Gasteiger partial charge in [-0.3, -0.25) is 4.79 Å². The van der Waals surface area contributed by atoms with Crippen molar-refractivity contribution in [3.8, 4) is 0 Å². The SMILES string of the molecule is O=C1NCc2ccccc21.c1cc2cccc3c4cccc5cccc(c(c1)c23)c54. The summed E-state index contributed by atoms with van der Waals surface area (Å²) in [6, 6.07) is 34.1. The summed E-state index contributed by atoms with van der Waals surface area (Å²) in [6.45, 7) is 0.689. The van der Waals surface area contributed by atoms with Gasteiger partial charge in [-0.05, 0) is 54.7 Å². The second kappa shape index (κ2) is 6.57. The average Bonchev–Trinajstić information content (AvgIpc) is 3.19. The first kappa shape index (κ1) is 17.0. The number of carbonyl (C=O) groups excluding carboxylic acids is 1. The van der Waals surface area contributed by atoms with Gasteiger partial charge in [-0.2, -0.15) is 0 Å². The van der Waals surface area contributed by atoms with Gasteiger partial charge in [-0.25, -0.2) is 0 Å². The molecule has 30 heavy (non-hydrogen) atoms. The topological polar surface area (TPSA) is 29.1 Å². The molecule has 0 saturated heterocycles. The lowest BCUT2D eigenvalue weighted by molar-refractivity contribution is 0.0966. The lowest BCUT2D eigenvalue weighted by Gasteiger charge is -2.13. The molecule has 0 saturated carbocycles. The largest absolute Gasteiger partial charge is 0.348 e. The zero-order chi connectivity index (χ0) is 20.1. The Morgan fingerprint density at radius 2 is 1.00 bits per heavy atom. The minimum atomic E-state index is 0.0515. The molecule has 0 spiro atoms. The third-order valence-corrected chi connectivity index (χ3v) is 6.09. The summed E-state index contributed by atoms with van der Waals surface area (Å²) in [5.74, 6) is 0.0515. The third kappa shape index (κ3) is 2.47. The molecule has 1 heterocycles. The summed E-state index contributed by atoms with van der Waals surface area (Å²) in [5, 5.41) is 13.6. The van der Waals surface area contributed by atoms with E-state index in [4.69, 9.17) is 0 Å². The fourth-order valence-electron chi connectivity index (χ4n) is 4.75. The van der Waals surface area contributed by atoms with Gasteiger partial charge >= 0.3 is 0 Å². The molecule has 0 radical (unpaired) electrons. The van der Waals surface area contributed by atoms with Crippen LogP contribution in [0.1, 0.15) is 15.9 Å². The molecule has 142 valence electrons. The van der Waals surface area contributed by atoms with E-state index in [-0.39, 0.29) is 5.91 Å². The molecule has 2 nitrogen and oxygen atoms in total. The lowest BCUT2D eigenvalue weighted by Crippen LogP contribution is -2.12. The van der Waals surface area contributed by atoms with E-state index in [1.165, 1.54) is 43.1 Å². The van der Waals surface area contributed by atoms with Crippen molar-refractivity contribution in [2.24, 2.45) is 0 Å². The van der Waals surface area contributed by atoms with Crippen LogP contribution in [0.2, 0.25) is 0 Å². The summed E-state index contributed by atoms with van der Waals surface area (Å²) in [6.07, 6.45) is 0. The minimum Gasteiger partial charge on any atom is -0.348 e. The molecule has 0 bridgehead atoms. The Bertz CT molecular complexity index is 1390. The maximum Gasteiger partial charge on any atom is 0.251 e. The number of rotatable bonds is 0. The van der Waals surface area contributed by atoms with Crippen molar-refractivity contribution in [1.29, 1.82) is 0 Å². The Labute approximate surface area is 174 Å². The molecular formula is C28H19NO. The van der Waals surface area contributed by atoms with Crippen LogP contribution in [-0.2, 0) is 6.54 Å². The number of hydrogen-bond acceptors (Lipinski definition) is 1. The number of nitrogens with one attached hydrogen (secondary N) is 1. The van der Waals surface area contributed by atoms with Crippen LogP contribution in [-0.4, -0.2) is 5.91 Å². The highest BCUT2D eigenvalue weighted by atomic mass is 16.1. The molecule has 1 amide bonds. The maximum atomic E-state index is 11.0. The lowest BCUT2D eigenvalue weighted by atomic mass is 9.90. The molecule has 7 rings (SSSR count). The van der Waals surface area contributed by atoms with Crippen molar-refractivity contribution >= 4 is 49.0 Å². The van der Waals surface area contributed by atoms with Gasteiger partial charge in [-0.1, -0.05) is 91.0 Å². The predicted octanol–water partition coefficient (Wildman–Crippen LogP) is 6.67. The first-order chi connectivity index (χ1) is 14.8. The highest BCUT2D eigenvalue weighted by molar-refractivity contribution is 6.32. The summed E-state index contributed by atoms with van der Waals surface area (Å²) in [4.78, 5) is 11.0. The number of carbonyl (C=O) groups is 1. The van der Waals surface area contributed by atoms with Gasteiger partial charge in [0.15, 0.2) is 0 Å². The molecule has 0 atom stereocenters. The molecular weight excluding hydrogens is 366 g/mol. The summed E-state index contributed by atoms with van der Waals surface area (Å²) in [7, 11) is 0. The first-order valence-electron chi connectivity index (χ1n) is 10.2. The second-order valence-electron chi connectivity index (χ2n) is 7.76. The molecule has 0 aromatic heterocycles. The van der Waals surface area contributed by atoms with Crippen molar-refractivity contribution < 1.29 is 4.79 Å². The second-order valence-corrected chi connectivity index (χ2v) is 7.76. The van der Waals surface area contributed by atoms with Gasteiger partial charge in [0.1, 0.15) is 0 Å². The normalized spacial score (nSPS) is 12.9. The number of benzene rings is 6. The molecule has 2 heteroatoms.